The van der Waals surface area contributed by atoms with Gasteiger partial charge in [-0.3, -0.25) is 9.59 Å². The molecule has 0 saturated carbocycles. The highest BCUT2D eigenvalue weighted by Gasteiger charge is 2.32. The second-order valence-corrected chi connectivity index (χ2v) is 6.25. The topological polar surface area (TPSA) is 104 Å². The maximum Gasteiger partial charge on any atom is 0.321 e. The minimum atomic E-state index is -3.99. The van der Waals surface area contributed by atoms with E-state index in [1.165, 1.54) is 21.0 Å². The molecule has 0 rings (SSSR count). The lowest BCUT2D eigenvalue weighted by Crippen LogP contribution is -2.48. The van der Waals surface area contributed by atoms with Crippen LogP contribution in [0.25, 0.3) is 0 Å². The summed E-state index contributed by atoms with van der Waals surface area (Å²) in [6.07, 6.45) is 0.701. The van der Waals surface area contributed by atoms with E-state index in [0.29, 0.717) is 6.42 Å². The highest BCUT2D eigenvalue weighted by Crippen LogP contribution is 2.06. The van der Waals surface area contributed by atoms with Gasteiger partial charge in [0.15, 0.2) is 5.25 Å². The number of carbonyl (C=O) groups is 2. The van der Waals surface area contributed by atoms with Crippen molar-refractivity contribution in [2.45, 2.75) is 38.0 Å². The van der Waals surface area contributed by atoms with Crippen LogP contribution in [0.1, 0.15) is 26.7 Å². The molecule has 0 bridgehead atoms. The fourth-order valence-corrected chi connectivity index (χ4v) is 2.61. The average Bonchev–Trinajstić information content (AvgIpc) is 2.25. The SMILES string of the molecule is CCCC(NS(=O)(=O)C(C)C(=O)N(C)C)C(=O)O. The summed E-state index contributed by atoms with van der Waals surface area (Å²) in [5.74, 6) is -1.84. The van der Waals surface area contributed by atoms with Gasteiger partial charge in [-0.25, -0.2) is 13.1 Å². The van der Waals surface area contributed by atoms with Crippen LogP contribution in [0.4, 0.5) is 0 Å². The number of sulfonamides is 1. The summed E-state index contributed by atoms with van der Waals surface area (Å²) < 4.78 is 25.7. The van der Waals surface area contributed by atoms with Crippen molar-refractivity contribution in [2.24, 2.45) is 0 Å². The van der Waals surface area contributed by atoms with Crippen molar-refractivity contribution in [1.82, 2.24) is 9.62 Å². The van der Waals surface area contributed by atoms with Crippen LogP contribution >= 0.6 is 0 Å². The summed E-state index contributed by atoms with van der Waals surface area (Å²) in [5.41, 5.74) is 0. The van der Waals surface area contributed by atoms with Crippen LogP contribution in [-0.2, 0) is 19.6 Å². The van der Waals surface area contributed by atoms with E-state index in [1.54, 1.807) is 6.92 Å². The zero-order chi connectivity index (χ0) is 14.5. The maximum absolute atomic E-state index is 11.8. The summed E-state index contributed by atoms with van der Waals surface area (Å²) in [5, 5.41) is 7.56. The van der Waals surface area contributed by atoms with Crippen LogP contribution in [-0.4, -0.2) is 55.7 Å². The number of aliphatic carboxylic acids is 1. The Bertz CT molecular complexity index is 404. The predicted molar refractivity (Wildman–Crippen MR) is 66.5 cm³/mol. The molecular formula is C10H20N2O5S. The molecule has 0 aliphatic carbocycles. The molecule has 106 valence electrons. The molecule has 8 heteroatoms. The third-order valence-electron chi connectivity index (χ3n) is 2.44. The van der Waals surface area contributed by atoms with Crippen LogP contribution in [0.2, 0.25) is 0 Å². The van der Waals surface area contributed by atoms with E-state index >= 15 is 0 Å². The number of carboxylic acid groups (broad SMARTS) is 1. The highest BCUT2D eigenvalue weighted by molar-refractivity contribution is 7.90. The van der Waals surface area contributed by atoms with Gasteiger partial charge in [0.05, 0.1) is 0 Å². The Morgan fingerprint density at radius 2 is 1.83 bits per heavy atom. The first-order valence-corrected chi connectivity index (χ1v) is 7.13. The first kappa shape index (κ1) is 16.9. The molecule has 0 heterocycles. The molecule has 0 aromatic carbocycles. The molecule has 2 N–H and O–H groups in total. The molecule has 0 fully saturated rings. The molecule has 1 amide bonds. The molecule has 0 spiro atoms. The van der Waals surface area contributed by atoms with Crippen molar-refractivity contribution in [1.29, 1.82) is 0 Å². The van der Waals surface area contributed by atoms with Gasteiger partial charge in [0, 0.05) is 14.1 Å². The fourth-order valence-electron chi connectivity index (χ4n) is 1.32. The van der Waals surface area contributed by atoms with Crippen LogP contribution in [0.3, 0.4) is 0 Å². The van der Waals surface area contributed by atoms with Gasteiger partial charge in [-0.05, 0) is 13.3 Å². The molecule has 2 atom stereocenters. The number of hydrogen-bond acceptors (Lipinski definition) is 4. The first-order valence-electron chi connectivity index (χ1n) is 5.58. The van der Waals surface area contributed by atoms with Gasteiger partial charge in [0.2, 0.25) is 15.9 Å². The van der Waals surface area contributed by atoms with Crippen LogP contribution in [0.5, 0.6) is 0 Å². The quantitative estimate of drug-likeness (QED) is 0.662. The summed E-state index contributed by atoms with van der Waals surface area (Å²) in [6.45, 7) is 2.98. The van der Waals surface area contributed by atoms with Crippen LogP contribution in [0, 0.1) is 0 Å². The minimum absolute atomic E-state index is 0.178. The van der Waals surface area contributed by atoms with Gasteiger partial charge in [-0.2, -0.15) is 0 Å². The van der Waals surface area contributed by atoms with E-state index in [2.05, 4.69) is 4.72 Å². The molecule has 0 saturated heterocycles. The van der Waals surface area contributed by atoms with E-state index in [-0.39, 0.29) is 6.42 Å². The third kappa shape index (κ3) is 4.61. The van der Waals surface area contributed by atoms with Crippen molar-refractivity contribution in [3.05, 3.63) is 0 Å². The first-order chi connectivity index (χ1) is 8.13. The van der Waals surface area contributed by atoms with Gasteiger partial charge in [-0.15, -0.1) is 0 Å². The normalized spacial score (nSPS) is 14.9. The molecule has 18 heavy (non-hydrogen) atoms. The van der Waals surface area contributed by atoms with E-state index in [0.717, 1.165) is 4.90 Å². The van der Waals surface area contributed by atoms with Crippen LogP contribution in [0.15, 0.2) is 0 Å². The summed E-state index contributed by atoms with van der Waals surface area (Å²) in [4.78, 5) is 23.6. The number of hydrogen-bond donors (Lipinski definition) is 2. The van der Waals surface area contributed by atoms with Crippen molar-refractivity contribution in [3.8, 4) is 0 Å². The Balaban J connectivity index is 4.93. The van der Waals surface area contributed by atoms with Gasteiger partial charge in [0.1, 0.15) is 6.04 Å². The average molecular weight is 280 g/mol. The number of rotatable bonds is 7. The lowest BCUT2D eigenvalue weighted by molar-refractivity contribution is -0.139. The molecule has 0 aromatic rings. The van der Waals surface area contributed by atoms with Crippen molar-refractivity contribution in [2.75, 3.05) is 14.1 Å². The fraction of sp³-hybridized carbons (Fsp3) is 0.800. The number of carbonyl (C=O) groups excluding carboxylic acids is 1. The summed E-state index contributed by atoms with van der Waals surface area (Å²) in [6, 6.07) is -1.20. The molecule has 7 nitrogen and oxygen atoms in total. The van der Waals surface area contributed by atoms with Crippen molar-refractivity contribution >= 4 is 21.9 Å². The Morgan fingerprint density at radius 3 is 2.17 bits per heavy atom. The van der Waals surface area contributed by atoms with E-state index in [4.69, 9.17) is 5.11 Å². The molecule has 0 aliphatic heterocycles. The smallest absolute Gasteiger partial charge is 0.321 e. The second-order valence-electron chi connectivity index (χ2n) is 4.22. The highest BCUT2D eigenvalue weighted by atomic mass is 32.2. The lowest BCUT2D eigenvalue weighted by Gasteiger charge is -2.20. The maximum atomic E-state index is 11.8. The van der Waals surface area contributed by atoms with E-state index < -0.39 is 33.2 Å². The summed E-state index contributed by atoms with van der Waals surface area (Å²) >= 11 is 0. The molecule has 0 aromatic heterocycles. The number of carboxylic acids is 1. The van der Waals surface area contributed by atoms with E-state index in [1.807, 2.05) is 0 Å². The predicted octanol–water partition coefficient (Wildman–Crippen LogP) is -0.364. The Kier molecular flexibility index (Phi) is 6.27. The molecule has 0 aliphatic rings. The minimum Gasteiger partial charge on any atom is -0.480 e. The summed E-state index contributed by atoms with van der Waals surface area (Å²) in [7, 11) is -1.11. The standard InChI is InChI=1S/C10H20N2O5S/c1-5-6-8(10(14)15)11-18(16,17)7(2)9(13)12(3)4/h7-8,11H,5-6H2,1-4H3,(H,14,15). The van der Waals surface area contributed by atoms with Gasteiger partial charge in [-0.1, -0.05) is 13.3 Å². The van der Waals surface area contributed by atoms with Gasteiger partial charge >= 0.3 is 5.97 Å². The Labute approximate surface area is 107 Å². The zero-order valence-electron chi connectivity index (χ0n) is 11.0. The van der Waals surface area contributed by atoms with Crippen molar-refractivity contribution in [3.63, 3.8) is 0 Å². The Hall–Kier alpha value is -1.15. The monoisotopic (exact) mass is 280 g/mol. The van der Waals surface area contributed by atoms with E-state index in [9.17, 15) is 18.0 Å². The lowest BCUT2D eigenvalue weighted by atomic mass is 10.2. The van der Waals surface area contributed by atoms with Gasteiger partial charge in [0.25, 0.3) is 0 Å². The largest absolute Gasteiger partial charge is 0.480 e. The molecule has 2 unspecified atom stereocenters. The van der Waals surface area contributed by atoms with Crippen molar-refractivity contribution < 1.29 is 23.1 Å². The third-order valence-corrected chi connectivity index (χ3v) is 4.18. The van der Waals surface area contributed by atoms with Gasteiger partial charge < -0.3 is 10.0 Å². The zero-order valence-corrected chi connectivity index (χ0v) is 11.8. The Morgan fingerprint density at radius 1 is 1.33 bits per heavy atom. The second kappa shape index (κ2) is 6.69. The van der Waals surface area contributed by atoms with Crippen LogP contribution < -0.4 is 4.72 Å². The number of amides is 1. The molecular weight excluding hydrogens is 260 g/mol. The number of nitrogens with zero attached hydrogens (tertiary/aromatic N) is 1. The number of nitrogens with one attached hydrogen (secondary N) is 1. The molecule has 0 radical (unpaired) electrons.